The van der Waals surface area contributed by atoms with E-state index in [0.29, 0.717) is 78.0 Å². The van der Waals surface area contributed by atoms with Gasteiger partial charge < -0.3 is 4.90 Å². The van der Waals surface area contributed by atoms with E-state index >= 15 is 4.39 Å². The number of alkyl halides is 1. The monoisotopic (exact) mass is 605 g/mol. The molecule has 4 atom stereocenters. The molecule has 1 aliphatic carbocycles. The van der Waals surface area contributed by atoms with Crippen molar-refractivity contribution in [3.63, 3.8) is 0 Å². The summed E-state index contributed by atoms with van der Waals surface area (Å²) in [6.45, 7) is 14.1. The number of aromatic nitrogens is 3. The predicted molar refractivity (Wildman–Crippen MR) is 173 cm³/mol. The maximum atomic E-state index is 16.3. The second-order valence-corrected chi connectivity index (χ2v) is 13.6. The first-order chi connectivity index (χ1) is 21.2. The molecule has 2 aromatic heterocycles. The Hall–Kier alpha value is -3.00. The zero-order chi connectivity index (χ0) is 31.1. The Bertz CT molecular complexity index is 1550. The van der Waals surface area contributed by atoms with E-state index in [4.69, 9.17) is 4.98 Å². The Balaban J connectivity index is 0.000000323. The highest BCUT2D eigenvalue weighted by atomic mass is 19.1. The van der Waals surface area contributed by atoms with Gasteiger partial charge in [0.15, 0.2) is 5.82 Å². The SMILES string of the molecule is CCC1=C(F)CCc2cc(C)cc(-c3ncc4c(N5CC(C)CC(C)C5)nc(CC)nc4c3F)c21.FC1CC2CCCN2C1. The third-order valence-electron chi connectivity index (χ3n) is 9.87. The molecule has 5 heterocycles. The molecule has 0 amide bonds. The van der Waals surface area contributed by atoms with Crippen molar-refractivity contribution in [1.82, 2.24) is 19.9 Å². The number of hydrogen-bond acceptors (Lipinski definition) is 5. The van der Waals surface area contributed by atoms with Crippen molar-refractivity contribution in [3.05, 3.63) is 52.5 Å². The van der Waals surface area contributed by atoms with Gasteiger partial charge >= 0.3 is 0 Å². The lowest BCUT2D eigenvalue weighted by Crippen LogP contribution is -2.39. The van der Waals surface area contributed by atoms with Crippen molar-refractivity contribution in [2.24, 2.45) is 11.8 Å². The quantitative estimate of drug-likeness (QED) is 0.299. The molecule has 1 aromatic carbocycles. The summed E-state index contributed by atoms with van der Waals surface area (Å²) in [5.74, 6) is 1.93. The number of aryl methyl sites for hydroxylation is 3. The molecule has 4 aliphatic rings. The Morgan fingerprint density at radius 3 is 2.43 bits per heavy atom. The van der Waals surface area contributed by atoms with E-state index in [1.807, 2.05) is 26.8 Å². The first-order valence-corrected chi connectivity index (χ1v) is 16.7. The molecule has 3 aromatic rings. The number of halogens is 3. The molecule has 0 radical (unpaired) electrons. The maximum absolute atomic E-state index is 16.3. The minimum Gasteiger partial charge on any atom is -0.355 e. The first-order valence-electron chi connectivity index (χ1n) is 16.7. The molecule has 0 spiro atoms. The Kier molecular flexibility index (Phi) is 9.00. The summed E-state index contributed by atoms with van der Waals surface area (Å²) in [5.41, 5.74) is 4.75. The number of rotatable bonds is 4. The lowest BCUT2D eigenvalue weighted by molar-refractivity contribution is 0.292. The number of hydrogen-bond donors (Lipinski definition) is 0. The van der Waals surface area contributed by atoms with E-state index < -0.39 is 12.0 Å². The van der Waals surface area contributed by atoms with Crippen LogP contribution in [-0.4, -0.2) is 58.2 Å². The molecule has 44 heavy (non-hydrogen) atoms. The summed E-state index contributed by atoms with van der Waals surface area (Å²) in [7, 11) is 0. The van der Waals surface area contributed by atoms with E-state index in [1.165, 1.54) is 19.3 Å². The normalized spacial score (nSPS) is 25.2. The highest BCUT2D eigenvalue weighted by molar-refractivity contribution is 5.93. The number of fused-ring (bicyclic) bond motifs is 3. The molecule has 0 bridgehead atoms. The summed E-state index contributed by atoms with van der Waals surface area (Å²) >= 11 is 0. The van der Waals surface area contributed by atoms with Crippen LogP contribution in [0.2, 0.25) is 0 Å². The van der Waals surface area contributed by atoms with E-state index in [-0.39, 0.29) is 11.5 Å². The lowest BCUT2D eigenvalue weighted by atomic mass is 9.83. The third-order valence-corrected chi connectivity index (χ3v) is 9.87. The zero-order valence-electron chi connectivity index (χ0n) is 26.9. The van der Waals surface area contributed by atoms with E-state index in [2.05, 4.69) is 39.7 Å². The van der Waals surface area contributed by atoms with Gasteiger partial charge in [0.2, 0.25) is 0 Å². The number of allylic oxidation sites excluding steroid dienone is 2. The van der Waals surface area contributed by atoms with Crippen LogP contribution in [0.1, 0.15) is 88.7 Å². The van der Waals surface area contributed by atoms with Crippen LogP contribution in [0.3, 0.4) is 0 Å². The van der Waals surface area contributed by atoms with Crippen molar-refractivity contribution < 1.29 is 13.2 Å². The Labute approximate surface area is 260 Å². The van der Waals surface area contributed by atoms with Crippen LogP contribution < -0.4 is 4.90 Å². The van der Waals surface area contributed by atoms with Crippen molar-refractivity contribution in [2.45, 2.75) is 98.2 Å². The molecule has 4 unspecified atom stereocenters. The molecule has 3 saturated heterocycles. The first kappa shape index (κ1) is 31.0. The molecule has 8 heteroatoms. The minimum absolute atomic E-state index is 0.0995. The van der Waals surface area contributed by atoms with Gasteiger partial charge in [-0.25, -0.2) is 23.1 Å². The van der Waals surface area contributed by atoms with E-state index in [9.17, 15) is 8.78 Å². The number of pyridine rings is 1. The summed E-state index contributed by atoms with van der Waals surface area (Å²) < 4.78 is 43.8. The second kappa shape index (κ2) is 12.8. The average molecular weight is 606 g/mol. The fourth-order valence-corrected chi connectivity index (χ4v) is 8.04. The number of benzene rings is 1. The predicted octanol–water partition coefficient (Wildman–Crippen LogP) is 8.41. The summed E-state index contributed by atoms with van der Waals surface area (Å²) in [6, 6.07) is 4.63. The van der Waals surface area contributed by atoms with Gasteiger partial charge in [0.25, 0.3) is 0 Å². The zero-order valence-corrected chi connectivity index (χ0v) is 26.9. The van der Waals surface area contributed by atoms with E-state index in [1.54, 1.807) is 6.20 Å². The van der Waals surface area contributed by atoms with Gasteiger partial charge in [-0.15, -0.1) is 0 Å². The fraction of sp³-hybridized carbons (Fsp3) is 0.583. The van der Waals surface area contributed by atoms with E-state index in [0.717, 1.165) is 48.6 Å². The highest BCUT2D eigenvalue weighted by Crippen LogP contribution is 2.42. The third kappa shape index (κ3) is 5.99. The number of nitrogens with zero attached hydrogens (tertiary/aromatic N) is 5. The maximum Gasteiger partial charge on any atom is 0.175 e. The van der Waals surface area contributed by atoms with Gasteiger partial charge in [-0.05, 0) is 86.6 Å². The minimum atomic E-state index is -0.518. The van der Waals surface area contributed by atoms with Crippen LogP contribution in [0, 0.1) is 24.6 Å². The fourth-order valence-electron chi connectivity index (χ4n) is 8.04. The lowest BCUT2D eigenvalue weighted by Gasteiger charge is -2.36. The van der Waals surface area contributed by atoms with Gasteiger partial charge in [0.05, 0.1) is 5.39 Å². The van der Waals surface area contributed by atoms with Gasteiger partial charge in [-0.1, -0.05) is 39.3 Å². The van der Waals surface area contributed by atoms with Gasteiger partial charge in [0.1, 0.15) is 34.9 Å². The molecule has 0 saturated carbocycles. The van der Waals surface area contributed by atoms with Gasteiger partial charge in [0, 0.05) is 50.3 Å². The summed E-state index contributed by atoms with van der Waals surface area (Å²) in [5, 5.41) is 0.642. The Morgan fingerprint density at radius 1 is 0.955 bits per heavy atom. The molecule has 3 fully saturated rings. The Morgan fingerprint density at radius 2 is 1.73 bits per heavy atom. The second-order valence-electron chi connectivity index (χ2n) is 13.6. The molecule has 7 rings (SSSR count). The van der Waals surface area contributed by atoms with Crippen LogP contribution >= 0.6 is 0 Å². The smallest absolute Gasteiger partial charge is 0.175 e. The highest BCUT2D eigenvalue weighted by Gasteiger charge is 2.35. The van der Waals surface area contributed by atoms with Crippen molar-refractivity contribution in [1.29, 1.82) is 0 Å². The molecule has 5 nitrogen and oxygen atoms in total. The van der Waals surface area contributed by atoms with Crippen LogP contribution in [0.4, 0.5) is 19.0 Å². The number of piperidine rings is 1. The van der Waals surface area contributed by atoms with Gasteiger partial charge in [-0.3, -0.25) is 9.88 Å². The van der Waals surface area contributed by atoms with Crippen LogP contribution in [0.25, 0.3) is 27.7 Å². The van der Waals surface area contributed by atoms with Crippen LogP contribution in [0.5, 0.6) is 0 Å². The molecular formula is C36H46F3N5. The molecule has 3 aliphatic heterocycles. The molecule has 0 N–H and O–H groups in total. The topological polar surface area (TPSA) is 45.2 Å². The van der Waals surface area contributed by atoms with Crippen LogP contribution in [0.15, 0.2) is 24.2 Å². The van der Waals surface area contributed by atoms with Crippen molar-refractivity contribution in [3.8, 4) is 11.3 Å². The van der Waals surface area contributed by atoms with Crippen molar-refractivity contribution in [2.75, 3.05) is 31.1 Å². The number of anilines is 1. The largest absolute Gasteiger partial charge is 0.355 e. The van der Waals surface area contributed by atoms with Crippen LogP contribution in [-0.2, 0) is 12.8 Å². The molecule has 236 valence electrons. The standard InChI is InChI=1S/C29H34F2N4.C7H12FN/c1-6-20-23(30)9-8-19-11-16(3)12-21(25(19)20)27-26(31)28-22(13-32-27)29(34-24(7-2)33-28)35-14-17(4)10-18(5)15-35;8-6-4-7-2-1-3-9(7)5-6/h11-13,17-18H,6-10,14-15H2,1-5H3;6-7H,1-5H2. The van der Waals surface area contributed by atoms with Gasteiger partial charge in [-0.2, -0.15) is 0 Å². The van der Waals surface area contributed by atoms with Crippen molar-refractivity contribution >= 4 is 22.3 Å². The summed E-state index contributed by atoms with van der Waals surface area (Å²) in [6.07, 6.45) is 7.90. The average Bonchev–Trinajstić information content (AvgIpc) is 3.57. The molecular weight excluding hydrogens is 559 g/mol. The summed E-state index contributed by atoms with van der Waals surface area (Å²) in [4.78, 5) is 18.6.